The molecule has 98 valence electrons. The number of carboxylic acid groups (broad SMARTS) is 1. The number of carbonyl (C=O) groups is 2. The van der Waals surface area contributed by atoms with Gasteiger partial charge in [0.25, 0.3) is 0 Å². The lowest BCUT2D eigenvalue weighted by Crippen LogP contribution is -2.43. The van der Waals surface area contributed by atoms with Gasteiger partial charge in [0.05, 0.1) is 12.5 Å². The van der Waals surface area contributed by atoms with Crippen LogP contribution < -0.4 is 10.6 Å². The number of hydrogen-bond acceptors (Lipinski definition) is 3. The Balaban J connectivity index is 2.89. The van der Waals surface area contributed by atoms with Gasteiger partial charge >= 0.3 is 5.97 Å². The summed E-state index contributed by atoms with van der Waals surface area (Å²) in [5.41, 5.74) is 8.36. The van der Waals surface area contributed by atoms with Crippen LogP contribution >= 0.6 is 0 Å². The number of likely N-dealkylation sites (N-methyl/N-ethyl adjacent to an activating group) is 1. The summed E-state index contributed by atoms with van der Waals surface area (Å²) in [6.07, 6.45) is -0.367. The highest BCUT2D eigenvalue weighted by atomic mass is 16.4. The number of nitrogens with zero attached hydrogens (tertiary/aromatic N) is 1. The Hall–Kier alpha value is -1.88. The molecule has 0 spiro atoms. The minimum atomic E-state index is -1.08. The Kier molecular flexibility index (Phi) is 4.44. The maximum Gasteiger partial charge on any atom is 0.305 e. The number of carbonyl (C=O) groups excluding carboxylic acids is 1. The fourth-order valence-corrected chi connectivity index (χ4v) is 1.82. The largest absolute Gasteiger partial charge is 0.481 e. The third kappa shape index (κ3) is 3.30. The number of carboxylic acids is 1. The molecular weight excluding hydrogens is 232 g/mol. The molecule has 1 unspecified atom stereocenters. The average molecular weight is 250 g/mol. The van der Waals surface area contributed by atoms with Crippen molar-refractivity contribution in [3.05, 3.63) is 29.3 Å². The normalized spacial score (nSPS) is 12.0. The van der Waals surface area contributed by atoms with Crippen LogP contribution in [0.15, 0.2) is 18.2 Å². The van der Waals surface area contributed by atoms with Gasteiger partial charge < -0.3 is 15.7 Å². The molecule has 0 bridgehead atoms. The fraction of sp³-hybridized carbons (Fsp3) is 0.385. The average Bonchev–Trinajstić information content (AvgIpc) is 2.26. The van der Waals surface area contributed by atoms with Crippen molar-refractivity contribution >= 4 is 17.6 Å². The van der Waals surface area contributed by atoms with E-state index in [4.69, 9.17) is 10.8 Å². The fourth-order valence-electron chi connectivity index (χ4n) is 1.82. The zero-order valence-electron chi connectivity index (χ0n) is 10.8. The van der Waals surface area contributed by atoms with Crippen LogP contribution in [0.3, 0.4) is 0 Å². The van der Waals surface area contributed by atoms with Crippen molar-refractivity contribution in [1.82, 2.24) is 0 Å². The summed E-state index contributed by atoms with van der Waals surface area (Å²) in [5.74, 6) is -1.48. The summed E-state index contributed by atoms with van der Waals surface area (Å²) in [4.78, 5) is 23.9. The van der Waals surface area contributed by atoms with E-state index in [0.717, 1.165) is 16.8 Å². The number of rotatable bonds is 4. The van der Waals surface area contributed by atoms with Crippen LogP contribution in [0.2, 0.25) is 0 Å². The molecule has 0 heterocycles. The first-order chi connectivity index (χ1) is 8.32. The molecule has 0 radical (unpaired) electrons. The molecule has 0 saturated heterocycles. The van der Waals surface area contributed by atoms with Gasteiger partial charge in [-0.15, -0.1) is 0 Å². The van der Waals surface area contributed by atoms with Gasteiger partial charge in [-0.3, -0.25) is 9.59 Å². The van der Waals surface area contributed by atoms with Gasteiger partial charge in [0.1, 0.15) is 0 Å². The number of aryl methyl sites for hydroxylation is 2. The second-order valence-electron chi connectivity index (χ2n) is 4.39. The monoisotopic (exact) mass is 250 g/mol. The van der Waals surface area contributed by atoms with Gasteiger partial charge in [0, 0.05) is 12.7 Å². The molecule has 18 heavy (non-hydrogen) atoms. The smallest absolute Gasteiger partial charge is 0.305 e. The number of amides is 1. The van der Waals surface area contributed by atoms with E-state index < -0.39 is 17.9 Å². The predicted molar refractivity (Wildman–Crippen MR) is 69.6 cm³/mol. The van der Waals surface area contributed by atoms with Gasteiger partial charge in [-0.1, -0.05) is 17.7 Å². The molecule has 1 rings (SSSR count). The quantitative estimate of drug-likeness (QED) is 0.837. The summed E-state index contributed by atoms with van der Waals surface area (Å²) >= 11 is 0. The molecule has 0 aliphatic carbocycles. The Morgan fingerprint density at radius 3 is 2.50 bits per heavy atom. The lowest BCUT2D eigenvalue weighted by Gasteiger charge is -2.22. The number of aliphatic carboxylic acids is 1. The van der Waals surface area contributed by atoms with Crippen molar-refractivity contribution in [2.75, 3.05) is 11.9 Å². The van der Waals surface area contributed by atoms with Crippen LogP contribution in [-0.2, 0) is 9.59 Å². The van der Waals surface area contributed by atoms with Gasteiger partial charge in [0.2, 0.25) is 5.91 Å². The molecule has 0 saturated carbocycles. The minimum Gasteiger partial charge on any atom is -0.481 e. The summed E-state index contributed by atoms with van der Waals surface area (Å²) in [6.45, 7) is 3.86. The molecule has 0 aliphatic rings. The van der Waals surface area contributed by atoms with E-state index in [1.54, 1.807) is 7.05 Å². The molecule has 5 heteroatoms. The SMILES string of the molecule is Cc1ccc(N(C)C(=O)C(N)CC(=O)O)c(C)c1. The molecule has 0 fully saturated rings. The van der Waals surface area contributed by atoms with E-state index >= 15 is 0 Å². The van der Waals surface area contributed by atoms with E-state index in [0.29, 0.717) is 0 Å². The molecule has 1 aromatic rings. The van der Waals surface area contributed by atoms with Crippen LogP contribution in [0.5, 0.6) is 0 Å². The number of benzene rings is 1. The second kappa shape index (κ2) is 5.64. The first-order valence-electron chi connectivity index (χ1n) is 5.65. The number of nitrogens with two attached hydrogens (primary N) is 1. The second-order valence-corrected chi connectivity index (χ2v) is 4.39. The standard InChI is InChI=1S/C13H18N2O3/c1-8-4-5-11(9(2)6-8)15(3)13(18)10(14)7-12(16)17/h4-6,10H,7,14H2,1-3H3,(H,16,17). The molecular formula is C13H18N2O3. The predicted octanol–water partition coefficient (Wildman–Crippen LogP) is 1.07. The maximum atomic E-state index is 12.0. The lowest BCUT2D eigenvalue weighted by molar-refractivity contribution is -0.139. The Morgan fingerprint density at radius 2 is 2.00 bits per heavy atom. The van der Waals surface area contributed by atoms with Crippen molar-refractivity contribution < 1.29 is 14.7 Å². The zero-order valence-corrected chi connectivity index (χ0v) is 10.8. The van der Waals surface area contributed by atoms with Crippen LogP contribution in [-0.4, -0.2) is 30.1 Å². The summed E-state index contributed by atoms with van der Waals surface area (Å²) in [7, 11) is 1.60. The third-order valence-electron chi connectivity index (χ3n) is 2.76. The van der Waals surface area contributed by atoms with Gasteiger partial charge in [-0.25, -0.2) is 0 Å². The highest BCUT2D eigenvalue weighted by molar-refractivity contribution is 5.98. The van der Waals surface area contributed by atoms with E-state index in [2.05, 4.69) is 0 Å². The van der Waals surface area contributed by atoms with Crippen molar-refractivity contribution in [1.29, 1.82) is 0 Å². The maximum absolute atomic E-state index is 12.0. The molecule has 0 aromatic heterocycles. The van der Waals surface area contributed by atoms with Crippen LogP contribution in [0.4, 0.5) is 5.69 Å². The van der Waals surface area contributed by atoms with Crippen molar-refractivity contribution in [2.45, 2.75) is 26.3 Å². The highest BCUT2D eigenvalue weighted by Gasteiger charge is 2.22. The van der Waals surface area contributed by atoms with Crippen molar-refractivity contribution in [3.8, 4) is 0 Å². The highest BCUT2D eigenvalue weighted by Crippen LogP contribution is 2.20. The van der Waals surface area contributed by atoms with Gasteiger partial charge in [0.15, 0.2) is 0 Å². The molecule has 3 N–H and O–H groups in total. The lowest BCUT2D eigenvalue weighted by atomic mass is 10.1. The summed E-state index contributed by atoms with van der Waals surface area (Å²) in [6, 6.07) is 4.67. The Morgan fingerprint density at radius 1 is 1.39 bits per heavy atom. The zero-order chi connectivity index (χ0) is 13.9. The van der Waals surface area contributed by atoms with Crippen LogP contribution in [0.1, 0.15) is 17.5 Å². The van der Waals surface area contributed by atoms with E-state index in [1.807, 2.05) is 32.0 Å². The molecule has 1 atom stereocenters. The van der Waals surface area contributed by atoms with E-state index in [9.17, 15) is 9.59 Å². The minimum absolute atomic E-state index is 0.367. The van der Waals surface area contributed by atoms with E-state index in [1.165, 1.54) is 4.90 Å². The number of anilines is 1. The van der Waals surface area contributed by atoms with Gasteiger partial charge in [-0.2, -0.15) is 0 Å². The van der Waals surface area contributed by atoms with E-state index in [-0.39, 0.29) is 6.42 Å². The number of hydrogen-bond donors (Lipinski definition) is 2. The third-order valence-corrected chi connectivity index (χ3v) is 2.76. The Bertz CT molecular complexity index is 471. The molecule has 1 aromatic carbocycles. The summed E-state index contributed by atoms with van der Waals surface area (Å²) in [5, 5.41) is 8.63. The van der Waals surface area contributed by atoms with Gasteiger partial charge in [-0.05, 0) is 25.5 Å². The van der Waals surface area contributed by atoms with Crippen molar-refractivity contribution in [3.63, 3.8) is 0 Å². The first kappa shape index (κ1) is 14.2. The van der Waals surface area contributed by atoms with Crippen LogP contribution in [0.25, 0.3) is 0 Å². The van der Waals surface area contributed by atoms with Crippen molar-refractivity contribution in [2.24, 2.45) is 5.73 Å². The first-order valence-corrected chi connectivity index (χ1v) is 5.65. The summed E-state index contributed by atoms with van der Waals surface area (Å²) < 4.78 is 0. The molecule has 1 amide bonds. The molecule has 0 aliphatic heterocycles. The molecule has 5 nitrogen and oxygen atoms in total. The van der Waals surface area contributed by atoms with Crippen LogP contribution in [0, 0.1) is 13.8 Å². The Labute approximate surface area is 106 Å². The topological polar surface area (TPSA) is 83.6 Å².